The minimum Gasteiger partial charge on any atom is -0.354 e. The van der Waals surface area contributed by atoms with Gasteiger partial charge in [-0.25, -0.2) is 0 Å². The molecule has 0 spiro atoms. The minimum atomic E-state index is 0.0420. The average Bonchev–Trinajstić information content (AvgIpc) is 2.30. The number of nitrogens with two attached hydrogens (primary N) is 1. The van der Waals surface area contributed by atoms with Crippen LogP contribution in [0.1, 0.15) is 30.9 Å². The molecule has 0 bridgehead atoms. The second-order valence-electron chi connectivity index (χ2n) is 4.52. The van der Waals surface area contributed by atoms with Gasteiger partial charge in [-0.2, -0.15) is 0 Å². The fraction of sp³-hybridized carbons (Fsp3) is 0.500. The van der Waals surface area contributed by atoms with Crippen LogP contribution >= 0.6 is 0 Å². The summed E-state index contributed by atoms with van der Waals surface area (Å²) in [7, 11) is 0. The summed E-state index contributed by atoms with van der Waals surface area (Å²) in [5.74, 6) is 0.0420. The molecule has 1 rings (SSSR count). The highest BCUT2D eigenvalue weighted by molar-refractivity contribution is 5.78. The van der Waals surface area contributed by atoms with Gasteiger partial charge in [0, 0.05) is 12.6 Å². The first-order valence-electron chi connectivity index (χ1n) is 6.19. The summed E-state index contributed by atoms with van der Waals surface area (Å²) in [4.78, 5) is 11.6. The minimum absolute atomic E-state index is 0.0420. The molecule has 1 amide bonds. The lowest BCUT2D eigenvalue weighted by molar-refractivity contribution is -0.120. The van der Waals surface area contributed by atoms with Gasteiger partial charge in [-0.3, -0.25) is 4.79 Å². The largest absolute Gasteiger partial charge is 0.354 e. The Morgan fingerprint density at radius 1 is 1.35 bits per heavy atom. The van der Waals surface area contributed by atoms with Crippen LogP contribution in [0.25, 0.3) is 0 Å². The molecule has 0 aliphatic rings. The quantitative estimate of drug-likeness (QED) is 0.788. The maximum Gasteiger partial charge on any atom is 0.224 e. The molecule has 0 aliphatic heterocycles. The lowest BCUT2D eigenvalue weighted by Crippen LogP contribution is -2.37. The zero-order valence-electron chi connectivity index (χ0n) is 10.7. The van der Waals surface area contributed by atoms with E-state index in [1.165, 1.54) is 5.56 Å². The van der Waals surface area contributed by atoms with Crippen molar-refractivity contribution in [3.8, 4) is 0 Å². The van der Waals surface area contributed by atoms with E-state index in [4.69, 9.17) is 5.73 Å². The maximum atomic E-state index is 11.6. The van der Waals surface area contributed by atoms with E-state index >= 15 is 0 Å². The molecule has 1 aromatic carbocycles. The number of hydrogen-bond acceptors (Lipinski definition) is 2. The lowest BCUT2D eigenvalue weighted by atomic mass is 10.1. The van der Waals surface area contributed by atoms with E-state index in [0.29, 0.717) is 13.0 Å². The van der Waals surface area contributed by atoms with E-state index in [-0.39, 0.29) is 11.9 Å². The van der Waals surface area contributed by atoms with Crippen LogP contribution in [0.3, 0.4) is 0 Å². The van der Waals surface area contributed by atoms with Crippen molar-refractivity contribution >= 4 is 5.91 Å². The third kappa shape index (κ3) is 5.50. The Morgan fingerprint density at radius 3 is 2.59 bits per heavy atom. The van der Waals surface area contributed by atoms with Gasteiger partial charge in [0.15, 0.2) is 0 Å². The number of rotatable bonds is 6. The van der Waals surface area contributed by atoms with E-state index in [2.05, 4.69) is 12.2 Å². The summed E-state index contributed by atoms with van der Waals surface area (Å²) >= 11 is 0. The molecular weight excluding hydrogens is 212 g/mol. The van der Waals surface area contributed by atoms with Gasteiger partial charge in [-0.1, -0.05) is 43.2 Å². The first kappa shape index (κ1) is 13.7. The maximum absolute atomic E-state index is 11.6. The highest BCUT2D eigenvalue weighted by atomic mass is 16.1. The second kappa shape index (κ2) is 7.07. The average molecular weight is 234 g/mol. The number of aryl methyl sites for hydroxylation is 1. The molecule has 0 radical (unpaired) electrons. The Kier molecular flexibility index (Phi) is 5.70. The predicted molar refractivity (Wildman–Crippen MR) is 70.8 cm³/mol. The van der Waals surface area contributed by atoms with Gasteiger partial charge in [-0.15, -0.1) is 0 Å². The summed E-state index contributed by atoms with van der Waals surface area (Å²) < 4.78 is 0. The fourth-order valence-electron chi connectivity index (χ4n) is 1.67. The van der Waals surface area contributed by atoms with Gasteiger partial charge < -0.3 is 11.1 Å². The lowest BCUT2D eigenvalue weighted by Gasteiger charge is -2.11. The smallest absolute Gasteiger partial charge is 0.224 e. The highest BCUT2D eigenvalue weighted by Crippen LogP contribution is 2.03. The van der Waals surface area contributed by atoms with Crippen LogP contribution in [-0.4, -0.2) is 18.5 Å². The van der Waals surface area contributed by atoms with Crippen LogP contribution in [0.2, 0.25) is 0 Å². The van der Waals surface area contributed by atoms with Gasteiger partial charge in [0.25, 0.3) is 0 Å². The van der Waals surface area contributed by atoms with E-state index < -0.39 is 0 Å². The molecule has 3 heteroatoms. The molecule has 0 heterocycles. The Hall–Kier alpha value is -1.35. The molecular formula is C14H22N2O. The van der Waals surface area contributed by atoms with E-state index in [1.54, 1.807) is 0 Å². The summed E-state index contributed by atoms with van der Waals surface area (Å²) in [5.41, 5.74) is 8.08. The second-order valence-corrected chi connectivity index (χ2v) is 4.52. The topological polar surface area (TPSA) is 55.1 Å². The molecule has 0 fully saturated rings. The van der Waals surface area contributed by atoms with Crippen LogP contribution < -0.4 is 11.1 Å². The molecule has 1 aromatic rings. The zero-order valence-corrected chi connectivity index (χ0v) is 10.7. The molecule has 0 aliphatic carbocycles. The standard InChI is InChI=1S/C14H22N2O/c1-3-4-13(15)10-16-14(17)9-12-7-5-11(2)6-8-12/h5-8,13H,3-4,9-10,15H2,1-2H3,(H,16,17). The van der Waals surface area contributed by atoms with Gasteiger partial charge >= 0.3 is 0 Å². The van der Waals surface area contributed by atoms with Gasteiger partial charge in [0.1, 0.15) is 0 Å². The van der Waals surface area contributed by atoms with Crippen LogP contribution in [0, 0.1) is 6.92 Å². The number of amides is 1. The van der Waals surface area contributed by atoms with Crippen molar-refractivity contribution in [3.63, 3.8) is 0 Å². The number of benzene rings is 1. The van der Waals surface area contributed by atoms with E-state index in [9.17, 15) is 4.79 Å². The number of carbonyl (C=O) groups excluding carboxylic acids is 1. The Morgan fingerprint density at radius 2 is 2.00 bits per heavy atom. The molecule has 94 valence electrons. The molecule has 17 heavy (non-hydrogen) atoms. The van der Waals surface area contributed by atoms with Crippen LogP contribution in [0.5, 0.6) is 0 Å². The van der Waals surface area contributed by atoms with Crippen molar-refractivity contribution in [2.45, 2.75) is 39.2 Å². The number of nitrogens with one attached hydrogen (secondary N) is 1. The number of carbonyl (C=O) groups is 1. The van der Waals surface area contributed by atoms with Crippen LogP contribution in [-0.2, 0) is 11.2 Å². The van der Waals surface area contributed by atoms with Crippen molar-refractivity contribution in [1.29, 1.82) is 0 Å². The molecule has 0 saturated heterocycles. The third-order valence-electron chi connectivity index (χ3n) is 2.71. The van der Waals surface area contributed by atoms with E-state index in [0.717, 1.165) is 18.4 Å². The first-order chi connectivity index (χ1) is 8.11. The van der Waals surface area contributed by atoms with Crippen molar-refractivity contribution in [3.05, 3.63) is 35.4 Å². The van der Waals surface area contributed by atoms with E-state index in [1.807, 2.05) is 31.2 Å². The molecule has 0 saturated carbocycles. The van der Waals surface area contributed by atoms with Crippen LogP contribution in [0.4, 0.5) is 0 Å². The Bertz CT molecular complexity index is 346. The molecule has 1 atom stereocenters. The predicted octanol–water partition coefficient (Wildman–Crippen LogP) is 1.78. The molecule has 3 nitrogen and oxygen atoms in total. The Balaban J connectivity index is 2.32. The van der Waals surface area contributed by atoms with Gasteiger partial charge in [-0.05, 0) is 18.9 Å². The molecule has 0 aromatic heterocycles. The summed E-state index contributed by atoms with van der Waals surface area (Å²) in [5, 5.41) is 2.87. The fourth-order valence-corrected chi connectivity index (χ4v) is 1.67. The molecule has 1 unspecified atom stereocenters. The Labute approximate surface area is 103 Å². The van der Waals surface area contributed by atoms with Gasteiger partial charge in [0.05, 0.1) is 6.42 Å². The van der Waals surface area contributed by atoms with Crippen molar-refractivity contribution in [2.24, 2.45) is 5.73 Å². The van der Waals surface area contributed by atoms with Crippen LogP contribution in [0.15, 0.2) is 24.3 Å². The SMILES string of the molecule is CCCC(N)CNC(=O)Cc1ccc(C)cc1. The summed E-state index contributed by atoms with van der Waals surface area (Å²) in [6, 6.07) is 8.08. The monoisotopic (exact) mass is 234 g/mol. The normalized spacial score (nSPS) is 12.2. The molecule has 3 N–H and O–H groups in total. The summed E-state index contributed by atoms with van der Waals surface area (Å²) in [6.07, 6.45) is 2.43. The highest BCUT2D eigenvalue weighted by Gasteiger charge is 2.05. The number of hydrogen-bond donors (Lipinski definition) is 2. The van der Waals surface area contributed by atoms with Crippen molar-refractivity contribution in [1.82, 2.24) is 5.32 Å². The first-order valence-corrected chi connectivity index (χ1v) is 6.19. The zero-order chi connectivity index (χ0) is 12.7. The van der Waals surface area contributed by atoms with Crippen molar-refractivity contribution in [2.75, 3.05) is 6.54 Å². The van der Waals surface area contributed by atoms with Crippen molar-refractivity contribution < 1.29 is 4.79 Å². The van der Waals surface area contributed by atoms with Gasteiger partial charge in [0.2, 0.25) is 5.91 Å². The third-order valence-corrected chi connectivity index (χ3v) is 2.71. The summed E-state index contributed by atoms with van der Waals surface area (Å²) in [6.45, 7) is 4.69.